The molecule has 3 aromatic carbocycles. The van der Waals surface area contributed by atoms with E-state index in [1.54, 1.807) is 6.26 Å². The van der Waals surface area contributed by atoms with Gasteiger partial charge in [-0.05, 0) is 47.5 Å². The van der Waals surface area contributed by atoms with Crippen LogP contribution < -0.4 is 30.2 Å². The standard InChI is InChI=1S/C27H28N5O2S/c1-32(2,35(3)33)20-13-9-19(10-14-20)25-26-24(27(28)31-30-26)23(17-29-25)18-11-15-22(16-12-18)34-21-7-5-4-6-8-21/h4-16,29-30H,17H2,1-3H3,(H2,28,31)/q+1. The maximum atomic E-state index is 12.1. The lowest BCUT2D eigenvalue weighted by Gasteiger charge is -2.25. The van der Waals surface area contributed by atoms with Gasteiger partial charge in [0.1, 0.15) is 17.2 Å². The van der Waals surface area contributed by atoms with E-state index in [0.29, 0.717) is 16.3 Å². The van der Waals surface area contributed by atoms with E-state index in [1.807, 2.05) is 93.0 Å². The molecular formula is C27H28N5O2S+. The van der Waals surface area contributed by atoms with Crippen molar-refractivity contribution in [3.05, 3.63) is 101 Å². The Morgan fingerprint density at radius 3 is 2.20 bits per heavy atom. The van der Waals surface area contributed by atoms with Gasteiger partial charge in [0.2, 0.25) is 11.0 Å². The summed E-state index contributed by atoms with van der Waals surface area (Å²) in [5.41, 5.74) is 11.3. The highest BCUT2D eigenvalue weighted by atomic mass is 32.2. The summed E-state index contributed by atoms with van der Waals surface area (Å²) >= 11 is 0. The summed E-state index contributed by atoms with van der Waals surface area (Å²) in [7, 11) is 2.82. The van der Waals surface area contributed by atoms with Crippen molar-refractivity contribution in [3.63, 3.8) is 0 Å². The number of aromatic nitrogens is 2. The van der Waals surface area contributed by atoms with Crippen molar-refractivity contribution in [1.29, 1.82) is 0 Å². The Kier molecular flexibility index (Phi) is 5.92. The number of hydrogen-bond acceptors (Lipinski definition) is 5. The molecule has 0 spiro atoms. The van der Waals surface area contributed by atoms with E-state index in [2.05, 4.69) is 15.5 Å². The number of nitrogens with zero attached hydrogens (tertiary/aromatic N) is 2. The summed E-state index contributed by atoms with van der Waals surface area (Å²) in [5, 5.41) is 12.7. The largest absolute Gasteiger partial charge is 0.457 e. The number of anilines is 1. The second kappa shape index (κ2) is 9.05. The van der Waals surface area contributed by atoms with E-state index < -0.39 is 11.0 Å². The van der Waals surface area contributed by atoms with Crippen LogP contribution in [0.2, 0.25) is 0 Å². The van der Waals surface area contributed by atoms with Gasteiger partial charge in [0.25, 0.3) is 0 Å². The maximum absolute atomic E-state index is 12.1. The molecule has 35 heavy (non-hydrogen) atoms. The molecule has 1 aliphatic heterocycles. The van der Waals surface area contributed by atoms with E-state index in [1.165, 1.54) is 0 Å². The first-order valence-corrected chi connectivity index (χ1v) is 12.8. The molecule has 7 nitrogen and oxygen atoms in total. The third-order valence-electron chi connectivity index (χ3n) is 6.39. The molecular weight excluding hydrogens is 458 g/mol. The van der Waals surface area contributed by atoms with Crippen molar-refractivity contribution in [3.8, 4) is 11.5 Å². The topological polar surface area (TPSA) is 93.0 Å². The fraction of sp³-hybridized carbons (Fsp3) is 0.148. The summed E-state index contributed by atoms with van der Waals surface area (Å²) in [6.07, 6.45) is 1.71. The molecule has 0 amide bonds. The van der Waals surface area contributed by atoms with Crippen LogP contribution in [0.1, 0.15) is 11.1 Å². The van der Waals surface area contributed by atoms with Crippen molar-refractivity contribution in [1.82, 2.24) is 19.4 Å². The third-order valence-corrected chi connectivity index (χ3v) is 7.89. The fourth-order valence-corrected chi connectivity index (χ4v) is 4.59. The number of fused-ring (bicyclic) bond motifs is 1. The number of ether oxygens (including phenoxy) is 1. The average Bonchev–Trinajstić information content (AvgIpc) is 3.26. The van der Waals surface area contributed by atoms with Gasteiger partial charge in [0.15, 0.2) is 5.82 Å². The van der Waals surface area contributed by atoms with Crippen molar-refractivity contribution in [2.75, 3.05) is 32.6 Å². The monoisotopic (exact) mass is 486 g/mol. The van der Waals surface area contributed by atoms with Gasteiger partial charge in [-0.15, -0.1) is 0 Å². The molecule has 0 saturated carbocycles. The highest BCUT2D eigenvalue weighted by Crippen LogP contribution is 2.25. The molecule has 0 bridgehead atoms. The maximum Gasteiger partial charge on any atom is 0.208 e. The molecule has 1 aromatic heterocycles. The predicted octanol–water partition coefficient (Wildman–Crippen LogP) is 2.60. The van der Waals surface area contributed by atoms with Crippen molar-refractivity contribution < 1.29 is 8.95 Å². The van der Waals surface area contributed by atoms with Crippen LogP contribution in [0.4, 0.5) is 11.5 Å². The van der Waals surface area contributed by atoms with Crippen molar-refractivity contribution >= 4 is 33.8 Å². The summed E-state index contributed by atoms with van der Waals surface area (Å²) in [5.74, 6) is 2.03. The minimum Gasteiger partial charge on any atom is -0.457 e. The number of nitrogens with one attached hydrogen (secondary N) is 2. The Hall–Kier alpha value is -3.88. The molecule has 4 N–H and O–H groups in total. The molecule has 2 heterocycles. The van der Waals surface area contributed by atoms with Crippen LogP contribution in [0.5, 0.6) is 11.5 Å². The molecule has 8 heteroatoms. The molecule has 5 rings (SSSR count). The second-order valence-corrected chi connectivity index (χ2v) is 10.6. The van der Waals surface area contributed by atoms with Gasteiger partial charge in [-0.25, -0.2) is 3.89 Å². The first kappa shape index (κ1) is 22.9. The molecule has 1 atom stereocenters. The van der Waals surface area contributed by atoms with E-state index >= 15 is 0 Å². The smallest absolute Gasteiger partial charge is 0.208 e. The van der Waals surface area contributed by atoms with E-state index in [-0.39, 0.29) is 0 Å². The fourth-order valence-electron chi connectivity index (χ4n) is 4.17. The Morgan fingerprint density at radius 2 is 1.54 bits per heavy atom. The van der Waals surface area contributed by atoms with Crippen LogP contribution in [-0.4, -0.2) is 41.3 Å². The third kappa shape index (κ3) is 4.34. The SMILES string of the molecule is CS(=O)[N+](C)(C)c1ccc(C2=c3[nH]nc(N)c3=C(c3ccc(Oc4ccccc4)cc3)CN2)cc1. The van der Waals surface area contributed by atoms with Crippen molar-refractivity contribution in [2.24, 2.45) is 0 Å². The molecule has 0 radical (unpaired) electrons. The number of H-pyrrole nitrogens is 1. The average molecular weight is 487 g/mol. The molecule has 1 unspecified atom stereocenters. The zero-order valence-electron chi connectivity index (χ0n) is 19.9. The molecule has 0 aliphatic carbocycles. The molecule has 178 valence electrons. The molecule has 0 saturated heterocycles. The van der Waals surface area contributed by atoms with E-state index in [4.69, 9.17) is 10.5 Å². The number of hydrogen-bond donors (Lipinski definition) is 3. The lowest BCUT2D eigenvalue weighted by molar-refractivity contribution is 0.482. The first-order chi connectivity index (χ1) is 16.8. The van der Waals surface area contributed by atoms with Crippen LogP contribution in [-0.2, 0) is 11.0 Å². The van der Waals surface area contributed by atoms with Crippen LogP contribution in [0.3, 0.4) is 0 Å². The van der Waals surface area contributed by atoms with E-state index in [9.17, 15) is 4.21 Å². The van der Waals surface area contributed by atoms with Gasteiger partial charge in [0.05, 0.1) is 36.6 Å². The molecule has 0 fully saturated rings. The Balaban J connectivity index is 1.53. The summed E-state index contributed by atoms with van der Waals surface area (Å²) < 4.78 is 18.4. The Labute approximate surface area is 206 Å². The summed E-state index contributed by atoms with van der Waals surface area (Å²) in [6, 6.07) is 25.8. The van der Waals surface area contributed by atoms with E-state index in [0.717, 1.165) is 50.2 Å². The Bertz CT molecular complexity index is 1510. The quantitative estimate of drug-likeness (QED) is 0.365. The van der Waals surface area contributed by atoms with Gasteiger partial charge in [-0.2, -0.15) is 9.31 Å². The predicted molar refractivity (Wildman–Crippen MR) is 142 cm³/mol. The molecule has 1 aliphatic rings. The van der Waals surface area contributed by atoms with Crippen LogP contribution in [0.25, 0.3) is 11.3 Å². The zero-order chi connectivity index (χ0) is 24.6. The summed E-state index contributed by atoms with van der Waals surface area (Å²) in [6.45, 7) is 0.604. The number of nitrogens with two attached hydrogens (primary N) is 1. The van der Waals surface area contributed by atoms with Gasteiger partial charge in [-0.3, -0.25) is 5.10 Å². The highest BCUT2D eigenvalue weighted by molar-refractivity contribution is 7.83. The zero-order valence-corrected chi connectivity index (χ0v) is 20.7. The lowest BCUT2D eigenvalue weighted by Crippen LogP contribution is -2.42. The number of aromatic amines is 1. The van der Waals surface area contributed by atoms with Crippen LogP contribution >= 0.6 is 0 Å². The minimum atomic E-state index is -1.04. The molecule has 4 aromatic rings. The number of nitrogen functional groups attached to an aromatic ring is 1. The minimum absolute atomic E-state index is 0.299. The van der Waals surface area contributed by atoms with Gasteiger partial charge in [-0.1, -0.05) is 30.3 Å². The normalized spacial score (nSPS) is 14.3. The highest BCUT2D eigenvalue weighted by Gasteiger charge is 2.24. The second-order valence-electron chi connectivity index (χ2n) is 8.83. The lowest BCUT2D eigenvalue weighted by atomic mass is 9.99. The number of quaternary nitrogens is 1. The van der Waals surface area contributed by atoms with Crippen LogP contribution in [0.15, 0.2) is 78.9 Å². The van der Waals surface area contributed by atoms with Gasteiger partial charge in [0, 0.05) is 24.2 Å². The van der Waals surface area contributed by atoms with Gasteiger partial charge >= 0.3 is 0 Å². The van der Waals surface area contributed by atoms with Gasteiger partial charge < -0.3 is 15.8 Å². The number of benzene rings is 3. The Morgan fingerprint density at radius 1 is 0.914 bits per heavy atom. The van der Waals surface area contributed by atoms with Crippen molar-refractivity contribution in [2.45, 2.75) is 0 Å². The van der Waals surface area contributed by atoms with Crippen LogP contribution in [0, 0.1) is 0 Å². The first-order valence-electron chi connectivity index (χ1n) is 11.3. The number of rotatable bonds is 6. The number of para-hydroxylation sites is 1. The summed E-state index contributed by atoms with van der Waals surface area (Å²) in [4.78, 5) is 0.